The maximum Gasteiger partial charge on any atom is -0.0000126 e. The second kappa shape index (κ2) is 5.53. The summed E-state index contributed by atoms with van der Waals surface area (Å²) in [5, 5.41) is 3.56. The summed E-state index contributed by atoms with van der Waals surface area (Å²) in [6.07, 6.45) is 7.20. The molecule has 0 amide bonds. The second-order valence-corrected chi connectivity index (χ2v) is 7.21. The molecule has 1 aliphatic carbocycles. The Hall–Kier alpha value is -0.0400. The van der Waals surface area contributed by atoms with Crippen LogP contribution in [0.5, 0.6) is 0 Å². The lowest BCUT2D eigenvalue weighted by Crippen LogP contribution is -2.27. The van der Waals surface area contributed by atoms with Gasteiger partial charge in [-0.2, -0.15) is 0 Å². The standard InChI is InChI=1S/C15H31N/c1-13(2)15(9-10-15)8-6-7-11-16-12-14(3,4)5/h13,16H,6-12H2,1-5H3. The number of hydrogen-bond donors (Lipinski definition) is 1. The average Bonchev–Trinajstić information content (AvgIpc) is 2.90. The molecule has 0 atom stereocenters. The van der Waals surface area contributed by atoms with Gasteiger partial charge in [0.05, 0.1) is 0 Å². The van der Waals surface area contributed by atoms with Crippen LogP contribution in [0, 0.1) is 16.7 Å². The van der Waals surface area contributed by atoms with Gasteiger partial charge in [0, 0.05) is 0 Å². The molecule has 0 spiro atoms. The third kappa shape index (κ3) is 4.86. The van der Waals surface area contributed by atoms with E-state index >= 15 is 0 Å². The molecule has 0 saturated heterocycles. The highest BCUT2D eigenvalue weighted by atomic mass is 14.9. The Morgan fingerprint density at radius 1 is 1.12 bits per heavy atom. The lowest BCUT2D eigenvalue weighted by molar-refractivity contribution is 0.317. The fraction of sp³-hybridized carbons (Fsp3) is 1.00. The summed E-state index contributed by atoms with van der Waals surface area (Å²) in [7, 11) is 0. The summed E-state index contributed by atoms with van der Waals surface area (Å²) in [6, 6.07) is 0. The Morgan fingerprint density at radius 3 is 2.19 bits per heavy atom. The van der Waals surface area contributed by atoms with Crippen LogP contribution >= 0.6 is 0 Å². The van der Waals surface area contributed by atoms with Crippen molar-refractivity contribution in [3.05, 3.63) is 0 Å². The van der Waals surface area contributed by atoms with Gasteiger partial charge in [0.15, 0.2) is 0 Å². The van der Waals surface area contributed by atoms with Crippen LogP contribution < -0.4 is 5.32 Å². The lowest BCUT2D eigenvalue weighted by atomic mass is 9.87. The van der Waals surface area contributed by atoms with E-state index in [9.17, 15) is 0 Å². The Morgan fingerprint density at radius 2 is 1.75 bits per heavy atom. The van der Waals surface area contributed by atoms with Crippen LogP contribution in [0.4, 0.5) is 0 Å². The first kappa shape index (κ1) is 14.0. The molecule has 0 aromatic rings. The topological polar surface area (TPSA) is 12.0 Å². The maximum atomic E-state index is 3.56. The SMILES string of the molecule is CC(C)C1(CCCCNCC(C)(C)C)CC1. The van der Waals surface area contributed by atoms with E-state index in [-0.39, 0.29) is 0 Å². The summed E-state index contributed by atoms with van der Waals surface area (Å²) >= 11 is 0. The van der Waals surface area contributed by atoms with E-state index in [1.807, 2.05) is 0 Å². The molecule has 0 aromatic carbocycles. The van der Waals surface area contributed by atoms with E-state index in [4.69, 9.17) is 0 Å². The predicted molar refractivity (Wildman–Crippen MR) is 72.7 cm³/mol. The van der Waals surface area contributed by atoms with Gasteiger partial charge < -0.3 is 5.32 Å². The summed E-state index contributed by atoms with van der Waals surface area (Å²) in [5.74, 6) is 0.898. The Kier molecular flexibility index (Phi) is 4.85. The van der Waals surface area contributed by atoms with Gasteiger partial charge in [0.1, 0.15) is 0 Å². The highest BCUT2D eigenvalue weighted by molar-refractivity contribution is 4.94. The zero-order chi connectivity index (χ0) is 12.2. The van der Waals surface area contributed by atoms with E-state index in [0.29, 0.717) is 5.41 Å². The number of unbranched alkanes of at least 4 members (excludes halogenated alkanes) is 1. The molecule has 1 nitrogen and oxygen atoms in total. The van der Waals surface area contributed by atoms with Crippen LogP contribution in [0.15, 0.2) is 0 Å². The van der Waals surface area contributed by atoms with Crippen molar-refractivity contribution in [1.29, 1.82) is 0 Å². The zero-order valence-corrected chi connectivity index (χ0v) is 12.0. The van der Waals surface area contributed by atoms with Crippen molar-refractivity contribution in [2.45, 2.75) is 66.7 Å². The van der Waals surface area contributed by atoms with Crippen molar-refractivity contribution >= 4 is 0 Å². The van der Waals surface area contributed by atoms with Gasteiger partial charge in [0.2, 0.25) is 0 Å². The van der Waals surface area contributed by atoms with Crippen LogP contribution in [-0.4, -0.2) is 13.1 Å². The smallest absolute Gasteiger partial charge is 0.0000126 e. The first-order valence-corrected chi connectivity index (χ1v) is 7.06. The monoisotopic (exact) mass is 225 g/mol. The largest absolute Gasteiger partial charge is 0.316 e. The molecular weight excluding hydrogens is 194 g/mol. The van der Waals surface area contributed by atoms with Gasteiger partial charge in [0.25, 0.3) is 0 Å². The van der Waals surface area contributed by atoms with Crippen molar-refractivity contribution in [2.24, 2.45) is 16.7 Å². The Bertz CT molecular complexity index is 196. The average molecular weight is 225 g/mol. The molecule has 0 bridgehead atoms. The van der Waals surface area contributed by atoms with Crippen molar-refractivity contribution in [2.75, 3.05) is 13.1 Å². The molecule has 1 saturated carbocycles. The Balaban J connectivity index is 1.97. The van der Waals surface area contributed by atoms with Crippen molar-refractivity contribution in [3.8, 4) is 0 Å². The molecule has 1 fully saturated rings. The van der Waals surface area contributed by atoms with Gasteiger partial charge in [-0.05, 0) is 55.5 Å². The van der Waals surface area contributed by atoms with Crippen LogP contribution in [0.25, 0.3) is 0 Å². The highest BCUT2D eigenvalue weighted by Gasteiger charge is 2.44. The summed E-state index contributed by atoms with van der Waals surface area (Å²) in [6.45, 7) is 14.0. The number of hydrogen-bond acceptors (Lipinski definition) is 1. The quantitative estimate of drug-likeness (QED) is 0.639. The highest BCUT2D eigenvalue weighted by Crippen LogP contribution is 2.55. The van der Waals surface area contributed by atoms with E-state index < -0.39 is 0 Å². The molecule has 0 aromatic heterocycles. The first-order valence-electron chi connectivity index (χ1n) is 7.06. The minimum absolute atomic E-state index is 0.426. The molecule has 16 heavy (non-hydrogen) atoms. The summed E-state index contributed by atoms with van der Waals surface area (Å²) in [5.41, 5.74) is 1.18. The molecule has 1 aliphatic rings. The molecule has 0 unspecified atom stereocenters. The minimum Gasteiger partial charge on any atom is -0.316 e. The van der Waals surface area contributed by atoms with Gasteiger partial charge in [-0.3, -0.25) is 0 Å². The molecule has 0 radical (unpaired) electrons. The van der Waals surface area contributed by atoms with Gasteiger partial charge in [-0.25, -0.2) is 0 Å². The van der Waals surface area contributed by atoms with E-state index in [1.165, 1.54) is 38.6 Å². The van der Waals surface area contributed by atoms with Crippen molar-refractivity contribution in [3.63, 3.8) is 0 Å². The summed E-state index contributed by atoms with van der Waals surface area (Å²) < 4.78 is 0. The molecule has 1 rings (SSSR count). The molecule has 1 heteroatoms. The number of rotatable bonds is 7. The molecule has 1 N–H and O–H groups in total. The minimum atomic E-state index is 0.426. The predicted octanol–water partition coefficient (Wildman–Crippen LogP) is 4.23. The van der Waals surface area contributed by atoms with Gasteiger partial charge >= 0.3 is 0 Å². The van der Waals surface area contributed by atoms with Gasteiger partial charge in [-0.15, -0.1) is 0 Å². The third-order valence-electron chi connectivity index (χ3n) is 4.05. The van der Waals surface area contributed by atoms with E-state index in [2.05, 4.69) is 39.9 Å². The zero-order valence-electron chi connectivity index (χ0n) is 12.0. The van der Waals surface area contributed by atoms with E-state index in [1.54, 1.807) is 0 Å². The molecule has 0 heterocycles. The van der Waals surface area contributed by atoms with Crippen LogP contribution in [-0.2, 0) is 0 Å². The fourth-order valence-corrected chi connectivity index (χ4v) is 2.47. The van der Waals surface area contributed by atoms with Crippen molar-refractivity contribution in [1.82, 2.24) is 5.32 Å². The molecule has 0 aliphatic heterocycles. The van der Waals surface area contributed by atoms with Crippen LogP contribution in [0.1, 0.15) is 66.7 Å². The van der Waals surface area contributed by atoms with E-state index in [0.717, 1.165) is 17.9 Å². The second-order valence-electron chi connectivity index (χ2n) is 7.21. The first-order chi connectivity index (χ1) is 7.36. The number of nitrogens with one attached hydrogen (secondary N) is 1. The molecular formula is C15H31N. The molecule has 96 valence electrons. The van der Waals surface area contributed by atoms with Crippen LogP contribution in [0.2, 0.25) is 0 Å². The lowest BCUT2D eigenvalue weighted by Gasteiger charge is -2.20. The summed E-state index contributed by atoms with van der Waals surface area (Å²) in [4.78, 5) is 0. The fourth-order valence-electron chi connectivity index (χ4n) is 2.47. The third-order valence-corrected chi connectivity index (χ3v) is 4.05. The normalized spacial score (nSPS) is 19.1. The van der Waals surface area contributed by atoms with Crippen molar-refractivity contribution < 1.29 is 0 Å². The Labute approximate surface area is 102 Å². The van der Waals surface area contributed by atoms with Crippen LogP contribution in [0.3, 0.4) is 0 Å². The maximum absolute atomic E-state index is 3.56. The van der Waals surface area contributed by atoms with Gasteiger partial charge in [-0.1, -0.05) is 41.0 Å².